The highest BCUT2D eigenvalue weighted by molar-refractivity contribution is 6.02. The summed E-state index contributed by atoms with van der Waals surface area (Å²) in [5.74, 6) is 0.625. The zero-order valence-electron chi connectivity index (χ0n) is 11.4. The van der Waals surface area contributed by atoms with Gasteiger partial charge in [0.25, 0.3) is 5.91 Å². The van der Waals surface area contributed by atoms with Gasteiger partial charge in [-0.05, 0) is 57.2 Å². The van der Waals surface area contributed by atoms with Crippen LogP contribution in [0, 0.1) is 0 Å². The molecule has 1 heterocycles. The molecule has 0 radical (unpaired) electrons. The van der Waals surface area contributed by atoms with E-state index in [0.29, 0.717) is 5.69 Å². The van der Waals surface area contributed by atoms with E-state index < -0.39 is 0 Å². The van der Waals surface area contributed by atoms with Crippen LogP contribution in [-0.2, 0) is 0 Å². The van der Waals surface area contributed by atoms with Crippen molar-refractivity contribution in [3.05, 3.63) is 48.3 Å². The first kappa shape index (κ1) is 13.2. The van der Waals surface area contributed by atoms with Crippen LogP contribution in [0.5, 0.6) is 5.75 Å². The van der Waals surface area contributed by atoms with Gasteiger partial charge in [0.2, 0.25) is 0 Å². The van der Waals surface area contributed by atoms with Gasteiger partial charge < -0.3 is 15.0 Å². The minimum atomic E-state index is -0.227. The largest absolute Gasteiger partial charge is 0.488 e. The number of nitrogens with one attached hydrogen (secondary N) is 2. The summed E-state index contributed by atoms with van der Waals surface area (Å²) in [6.45, 7) is 5.98. The van der Waals surface area contributed by atoms with Gasteiger partial charge in [0, 0.05) is 11.9 Å². The summed E-state index contributed by atoms with van der Waals surface area (Å²) in [4.78, 5) is 14.7. The number of ether oxygens (including phenoxy) is 1. The smallest absolute Gasteiger partial charge is 0.272 e. The molecule has 2 N–H and O–H groups in total. The van der Waals surface area contributed by atoms with Gasteiger partial charge in [-0.3, -0.25) is 4.79 Å². The molecule has 0 bridgehead atoms. The lowest BCUT2D eigenvalue weighted by molar-refractivity contribution is 0.102. The minimum absolute atomic E-state index is 0.158. The van der Waals surface area contributed by atoms with Crippen LogP contribution in [0.2, 0.25) is 0 Å². The number of anilines is 1. The molecule has 0 atom stereocenters. The molecule has 1 aromatic carbocycles. The average Bonchev–Trinajstić information content (AvgIpc) is 2.83. The SMILES string of the molecule is CC(C)(C)Oc1ccc(NC(=O)c2ccc[nH]2)cc1. The topological polar surface area (TPSA) is 54.1 Å². The lowest BCUT2D eigenvalue weighted by Crippen LogP contribution is -2.22. The van der Waals surface area contributed by atoms with Gasteiger partial charge in [0.05, 0.1) is 0 Å². The number of H-pyrrole nitrogens is 1. The Balaban J connectivity index is 2.01. The highest BCUT2D eigenvalue weighted by Gasteiger charge is 2.11. The molecule has 0 spiro atoms. The number of hydrogen-bond donors (Lipinski definition) is 2. The van der Waals surface area contributed by atoms with Gasteiger partial charge in [-0.25, -0.2) is 0 Å². The molecule has 4 heteroatoms. The Morgan fingerprint density at radius 2 is 1.84 bits per heavy atom. The van der Waals surface area contributed by atoms with Crippen molar-refractivity contribution < 1.29 is 9.53 Å². The van der Waals surface area contributed by atoms with Crippen molar-refractivity contribution in [3.8, 4) is 5.75 Å². The van der Waals surface area contributed by atoms with Crippen LogP contribution in [0.25, 0.3) is 0 Å². The maximum absolute atomic E-state index is 11.8. The number of carbonyl (C=O) groups excluding carboxylic acids is 1. The first-order chi connectivity index (χ1) is 8.94. The van der Waals surface area contributed by atoms with Gasteiger partial charge in [-0.2, -0.15) is 0 Å². The highest BCUT2D eigenvalue weighted by Crippen LogP contribution is 2.20. The van der Waals surface area contributed by atoms with Gasteiger partial charge in [-0.15, -0.1) is 0 Å². The molecule has 100 valence electrons. The Kier molecular flexibility index (Phi) is 3.60. The van der Waals surface area contributed by atoms with Crippen molar-refractivity contribution in [2.75, 3.05) is 5.32 Å². The summed E-state index contributed by atoms with van der Waals surface area (Å²) in [7, 11) is 0. The first-order valence-corrected chi connectivity index (χ1v) is 6.18. The molecule has 0 saturated heterocycles. The fraction of sp³-hybridized carbons (Fsp3) is 0.267. The summed E-state index contributed by atoms with van der Waals surface area (Å²) in [6.07, 6.45) is 1.72. The zero-order chi connectivity index (χ0) is 13.9. The minimum Gasteiger partial charge on any atom is -0.488 e. The Morgan fingerprint density at radius 3 is 2.37 bits per heavy atom. The van der Waals surface area contributed by atoms with E-state index in [1.54, 1.807) is 18.3 Å². The molecular formula is C15H18N2O2. The quantitative estimate of drug-likeness (QED) is 0.886. The molecule has 0 saturated carbocycles. The molecular weight excluding hydrogens is 240 g/mol. The number of carbonyl (C=O) groups is 1. The van der Waals surface area contributed by atoms with Crippen LogP contribution >= 0.6 is 0 Å². The molecule has 1 aromatic heterocycles. The molecule has 0 aliphatic rings. The monoisotopic (exact) mass is 258 g/mol. The van der Waals surface area contributed by atoms with Crippen LogP contribution < -0.4 is 10.1 Å². The van der Waals surface area contributed by atoms with Crippen molar-refractivity contribution in [1.82, 2.24) is 4.98 Å². The molecule has 4 nitrogen and oxygen atoms in total. The maximum Gasteiger partial charge on any atom is 0.272 e. The van der Waals surface area contributed by atoms with E-state index in [1.165, 1.54) is 0 Å². The summed E-state index contributed by atoms with van der Waals surface area (Å²) in [5, 5.41) is 2.81. The predicted octanol–water partition coefficient (Wildman–Crippen LogP) is 3.44. The number of benzene rings is 1. The van der Waals surface area contributed by atoms with Crippen LogP contribution in [-0.4, -0.2) is 16.5 Å². The molecule has 2 rings (SSSR count). The Labute approximate surface area is 112 Å². The Hall–Kier alpha value is -2.23. The van der Waals surface area contributed by atoms with Crippen molar-refractivity contribution in [1.29, 1.82) is 0 Å². The fourth-order valence-corrected chi connectivity index (χ4v) is 1.63. The van der Waals surface area contributed by atoms with E-state index in [4.69, 9.17) is 4.74 Å². The lowest BCUT2D eigenvalue weighted by Gasteiger charge is -2.21. The van der Waals surface area contributed by atoms with E-state index in [1.807, 2.05) is 45.0 Å². The van der Waals surface area contributed by atoms with Crippen LogP contribution in [0.3, 0.4) is 0 Å². The van der Waals surface area contributed by atoms with E-state index in [0.717, 1.165) is 11.4 Å². The number of amides is 1. The third kappa shape index (κ3) is 3.88. The standard InChI is InChI=1S/C15H18N2O2/c1-15(2,3)19-12-8-6-11(7-9-12)17-14(18)13-5-4-10-16-13/h4-10,16H,1-3H3,(H,17,18). The molecule has 19 heavy (non-hydrogen) atoms. The van der Waals surface area contributed by atoms with E-state index in [-0.39, 0.29) is 11.5 Å². The van der Waals surface area contributed by atoms with Gasteiger partial charge >= 0.3 is 0 Å². The van der Waals surface area contributed by atoms with Gasteiger partial charge in [0.1, 0.15) is 17.0 Å². The maximum atomic E-state index is 11.8. The second-order valence-electron chi connectivity index (χ2n) is 5.28. The van der Waals surface area contributed by atoms with E-state index in [9.17, 15) is 4.79 Å². The molecule has 0 fully saturated rings. The predicted molar refractivity (Wildman–Crippen MR) is 75.6 cm³/mol. The highest BCUT2D eigenvalue weighted by atomic mass is 16.5. The normalized spacial score (nSPS) is 11.1. The van der Waals surface area contributed by atoms with Crippen LogP contribution in [0.4, 0.5) is 5.69 Å². The average molecular weight is 258 g/mol. The third-order valence-corrected chi connectivity index (χ3v) is 2.38. The van der Waals surface area contributed by atoms with E-state index in [2.05, 4.69) is 10.3 Å². The fourth-order valence-electron chi connectivity index (χ4n) is 1.63. The summed E-state index contributed by atoms with van der Waals surface area (Å²) < 4.78 is 5.72. The number of aromatic amines is 1. The first-order valence-electron chi connectivity index (χ1n) is 6.18. The van der Waals surface area contributed by atoms with Crippen molar-refractivity contribution in [3.63, 3.8) is 0 Å². The number of aromatic nitrogens is 1. The van der Waals surface area contributed by atoms with Crippen LogP contribution in [0.15, 0.2) is 42.6 Å². The summed E-state index contributed by atoms with van der Waals surface area (Å²) in [5.41, 5.74) is 1.05. The number of hydrogen-bond acceptors (Lipinski definition) is 2. The van der Waals surface area contributed by atoms with Gasteiger partial charge in [-0.1, -0.05) is 0 Å². The second-order valence-corrected chi connectivity index (χ2v) is 5.28. The third-order valence-electron chi connectivity index (χ3n) is 2.38. The van der Waals surface area contributed by atoms with Crippen molar-refractivity contribution in [2.45, 2.75) is 26.4 Å². The van der Waals surface area contributed by atoms with Gasteiger partial charge in [0.15, 0.2) is 0 Å². The second kappa shape index (κ2) is 5.18. The van der Waals surface area contributed by atoms with Crippen molar-refractivity contribution in [2.24, 2.45) is 0 Å². The Bertz CT molecular complexity index is 537. The molecule has 0 aliphatic heterocycles. The summed E-state index contributed by atoms with van der Waals surface area (Å²) >= 11 is 0. The molecule has 1 amide bonds. The van der Waals surface area contributed by atoms with Crippen molar-refractivity contribution >= 4 is 11.6 Å². The number of rotatable bonds is 3. The molecule has 0 unspecified atom stereocenters. The zero-order valence-corrected chi connectivity index (χ0v) is 11.4. The Morgan fingerprint density at radius 1 is 1.16 bits per heavy atom. The lowest BCUT2D eigenvalue weighted by atomic mass is 10.2. The molecule has 2 aromatic rings. The van der Waals surface area contributed by atoms with Crippen LogP contribution in [0.1, 0.15) is 31.3 Å². The summed E-state index contributed by atoms with van der Waals surface area (Å²) in [6, 6.07) is 10.8. The van der Waals surface area contributed by atoms with E-state index >= 15 is 0 Å². The molecule has 0 aliphatic carbocycles.